The SMILES string of the molecule is Cc1c(N)cccc1C(=O)N(CC(=O)O)CC(F)(F)F. The Balaban J connectivity index is 3.10. The lowest BCUT2D eigenvalue weighted by molar-refractivity contribution is -0.149. The van der Waals surface area contributed by atoms with E-state index in [0.717, 1.165) is 0 Å². The Bertz CT molecular complexity index is 529. The summed E-state index contributed by atoms with van der Waals surface area (Å²) in [6.07, 6.45) is -4.68. The molecule has 0 saturated heterocycles. The van der Waals surface area contributed by atoms with E-state index in [4.69, 9.17) is 10.8 Å². The van der Waals surface area contributed by atoms with Gasteiger partial charge in [0, 0.05) is 11.3 Å². The number of hydrogen-bond donors (Lipinski definition) is 2. The second-order valence-corrected chi connectivity index (χ2v) is 4.19. The van der Waals surface area contributed by atoms with Crippen molar-refractivity contribution in [1.82, 2.24) is 4.90 Å². The molecule has 110 valence electrons. The smallest absolute Gasteiger partial charge is 0.406 e. The highest BCUT2D eigenvalue weighted by molar-refractivity contribution is 5.98. The first kappa shape index (κ1) is 15.8. The highest BCUT2D eigenvalue weighted by atomic mass is 19.4. The number of halogens is 3. The number of alkyl halides is 3. The molecule has 1 rings (SSSR count). The van der Waals surface area contributed by atoms with E-state index >= 15 is 0 Å². The Kier molecular flexibility index (Phi) is 4.59. The molecule has 0 aliphatic carbocycles. The van der Waals surface area contributed by atoms with Crippen LogP contribution in [0.5, 0.6) is 0 Å². The number of rotatable bonds is 4. The van der Waals surface area contributed by atoms with Crippen LogP contribution in [0.1, 0.15) is 15.9 Å². The van der Waals surface area contributed by atoms with Crippen LogP contribution in [0, 0.1) is 6.92 Å². The molecule has 0 spiro atoms. The molecular weight excluding hydrogens is 277 g/mol. The molecule has 0 bridgehead atoms. The number of anilines is 1. The lowest BCUT2D eigenvalue weighted by atomic mass is 10.1. The zero-order chi connectivity index (χ0) is 15.5. The number of aliphatic carboxylic acids is 1. The minimum absolute atomic E-state index is 0.0458. The van der Waals surface area contributed by atoms with Gasteiger partial charge >= 0.3 is 12.1 Å². The van der Waals surface area contributed by atoms with Crippen molar-refractivity contribution < 1.29 is 27.9 Å². The fourth-order valence-corrected chi connectivity index (χ4v) is 1.63. The molecule has 5 nitrogen and oxygen atoms in total. The van der Waals surface area contributed by atoms with E-state index < -0.39 is 31.1 Å². The number of carboxylic acids is 1. The standard InChI is InChI=1S/C12H13F3N2O3/c1-7-8(3-2-4-9(7)16)11(20)17(5-10(18)19)6-12(13,14)15/h2-4H,5-6,16H2,1H3,(H,18,19). The maximum atomic E-state index is 12.4. The third kappa shape index (κ3) is 4.15. The molecule has 0 fully saturated rings. The molecule has 0 heterocycles. The van der Waals surface area contributed by atoms with E-state index in [-0.39, 0.29) is 16.2 Å². The van der Waals surface area contributed by atoms with Gasteiger partial charge in [0.15, 0.2) is 0 Å². The first-order valence-corrected chi connectivity index (χ1v) is 5.54. The van der Waals surface area contributed by atoms with Gasteiger partial charge in [-0.1, -0.05) is 6.07 Å². The lowest BCUT2D eigenvalue weighted by Crippen LogP contribution is -2.42. The fourth-order valence-electron chi connectivity index (χ4n) is 1.63. The molecule has 20 heavy (non-hydrogen) atoms. The van der Waals surface area contributed by atoms with Crippen LogP contribution in [0.2, 0.25) is 0 Å². The van der Waals surface area contributed by atoms with Crippen LogP contribution in [0.4, 0.5) is 18.9 Å². The number of benzene rings is 1. The molecule has 1 aromatic carbocycles. The second kappa shape index (κ2) is 5.81. The number of amides is 1. The summed E-state index contributed by atoms with van der Waals surface area (Å²) in [5.74, 6) is -2.54. The average Bonchev–Trinajstić information content (AvgIpc) is 2.28. The molecule has 1 amide bonds. The second-order valence-electron chi connectivity index (χ2n) is 4.19. The Labute approximate surface area is 112 Å². The summed E-state index contributed by atoms with van der Waals surface area (Å²) >= 11 is 0. The summed E-state index contributed by atoms with van der Waals surface area (Å²) in [5.41, 5.74) is 6.10. The number of nitrogen functional groups attached to an aromatic ring is 1. The minimum Gasteiger partial charge on any atom is -0.480 e. The largest absolute Gasteiger partial charge is 0.480 e. The van der Waals surface area contributed by atoms with Crippen LogP contribution in [0.25, 0.3) is 0 Å². The van der Waals surface area contributed by atoms with Gasteiger partial charge in [-0.25, -0.2) is 0 Å². The number of hydrogen-bond acceptors (Lipinski definition) is 3. The number of carbonyl (C=O) groups excluding carboxylic acids is 1. The van der Waals surface area contributed by atoms with Gasteiger partial charge in [-0.2, -0.15) is 13.2 Å². The molecule has 0 aromatic heterocycles. The summed E-state index contributed by atoms with van der Waals surface area (Å²) in [6.45, 7) is -1.19. The quantitative estimate of drug-likeness (QED) is 0.826. The Morgan fingerprint density at radius 2 is 1.95 bits per heavy atom. The summed E-state index contributed by atoms with van der Waals surface area (Å²) in [6, 6.07) is 4.22. The van der Waals surface area contributed by atoms with Crippen LogP contribution in [-0.4, -0.2) is 41.1 Å². The molecule has 0 atom stereocenters. The number of carboxylic acid groups (broad SMARTS) is 1. The van der Waals surface area contributed by atoms with Crippen molar-refractivity contribution in [3.63, 3.8) is 0 Å². The summed E-state index contributed by atoms with van der Waals surface area (Å²) < 4.78 is 37.2. The van der Waals surface area contributed by atoms with Crippen molar-refractivity contribution >= 4 is 17.6 Å². The van der Waals surface area contributed by atoms with Gasteiger partial charge in [-0.3, -0.25) is 9.59 Å². The molecular formula is C12H13F3N2O3. The lowest BCUT2D eigenvalue weighted by Gasteiger charge is -2.23. The molecule has 1 aromatic rings. The van der Waals surface area contributed by atoms with Crippen molar-refractivity contribution in [3.05, 3.63) is 29.3 Å². The highest BCUT2D eigenvalue weighted by Crippen LogP contribution is 2.21. The van der Waals surface area contributed by atoms with Gasteiger partial charge < -0.3 is 15.7 Å². The minimum atomic E-state index is -4.68. The van der Waals surface area contributed by atoms with Crippen molar-refractivity contribution in [1.29, 1.82) is 0 Å². The third-order valence-corrected chi connectivity index (χ3v) is 2.59. The molecule has 0 unspecified atom stereocenters. The van der Waals surface area contributed by atoms with Crippen molar-refractivity contribution in [3.8, 4) is 0 Å². The van der Waals surface area contributed by atoms with Crippen LogP contribution in [-0.2, 0) is 4.79 Å². The number of nitrogens with zero attached hydrogens (tertiary/aromatic N) is 1. The Morgan fingerprint density at radius 3 is 2.45 bits per heavy atom. The van der Waals surface area contributed by atoms with E-state index in [1.807, 2.05) is 0 Å². The number of nitrogens with two attached hydrogens (primary N) is 1. The highest BCUT2D eigenvalue weighted by Gasteiger charge is 2.34. The zero-order valence-corrected chi connectivity index (χ0v) is 10.6. The molecule has 3 N–H and O–H groups in total. The van der Waals surface area contributed by atoms with Gasteiger partial charge in [0.25, 0.3) is 5.91 Å². The first-order chi connectivity index (χ1) is 9.11. The van der Waals surface area contributed by atoms with Gasteiger partial charge in [0.2, 0.25) is 0 Å². The van der Waals surface area contributed by atoms with Crippen LogP contribution in [0.3, 0.4) is 0 Å². The molecule has 0 radical (unpaired) electrons. The average molecular weight is 290 g/mol. The van der Waals surface area contributed by atoms with Gasteiger partial charge in [0.1, 0.15) is 13.1 Å². The monoisotopic (exact) mass is 290 g/mol. The van der Waals surface area contributed by atoms with E-state index in [9.17, 15) is 22.8 Å². The fraction of sp³-hybridized carbons (Fsp3) is 0.333. The van der Waals surface area contributed by atoms with Crippen molar-refractivity contribution in [2.45, 2.75) is 13.1 Å². The first-order valence-electron chi connectivity index (χ1n) is 5.54. The number of carbonyl (C=O) groups is 2. The Morgan fingerprint density at radius 1 is 1.35 bits per heavy atom. The summed E-state index contributed by atoms with van der Waals surface area (Å²) in [5, 5.41) is 8.61. The van der Waals surface area contributed by atoms with Crippen LogP contribution >= 0.6 is 0 Å². The van der Waals surface area contributed by atoms with Crippen LogP contribution in [0.15, 0.2) is 18.2 Å². The predicted molar refractivity (Wildman–Crippen MR) is 65.2 cm³/mol. The molecule has 0 saturated carbocycles. The van der Waals surface area contributed by atoms with Gasteiger partial charge in [-0.05, 0) is 24.6 Å². The normalized spacial score (nSPS) is 11.2. The molecule has 0 aliphatic heterocycles. The zero-order valence-electron chi connectivity index (χ0n) is 10.6. The van der Waals surface area contributed by atoms with E-state index in [1.54, 1.807) is 0 Å². The van der Waals surface area contributed by atoms with E-state index in [2.05, 4.69) is 0 Å². The maximum absolute atomic E-state index is 12.4. The van der Waals surface area contributed by atoms with E-state index in [0.29, 0.717) is 5.56 Å². The van der Waals surface area contributed by atoms with E-state index in [1.165, 1.54) is 25.1 Å². The maximum Gasteiger partial charge on any atom is 0.406 e. The topological polar surface area (TPSA) is 83.6 Å². The third-order valence-electron chi connectivity index (χ3n) is 2.59. The summed E-state index contributed by atoms with van der Waals surface area (Å²) in [4.78, 5) is 22.9. The van der Waals surface area contributed by atoms with Crippen LogP contribution < -0.4 is 5.73 Å². The van der Waals surface area contributed by atoms with Crippen molar-refractivity contribution in [2.75, 3.05) is 18.8 Å². The van der Waals surface area contributed by atoms with Gasteiger partial charge in [-0.15, -0.1) is 0 Å². The predicted octanol–water partition coefficient (Wildman–Crippen LogP) is 1.67. The van der Waals surface area contributed by atoms with Crippen molar-refractivity contribution in [2.24, 2.45) is 0 Å². The summed E-state index contributed by atoms with van der Waals surface area (Å²) in [7, 11) is 0. The molecule has 0 aliphatic rings. The van der Waals surface area contributed by atoms with Gasteiger partial charge in [0.05, 0.1) is 0 Å². The Hall–Kier alpha value is -2.25. The molecule has 8 heteroatoms.